The van der Waals surface area contributed by atoms with Crippen molar-refractivity contribution in [1.29, 1.82) is 5.26 Å². The largest absolute Gasteiger partial charge is 0.396 e. The Labute approximate surface area is 107 Å². The lowest BCUT2D eigenvalue weighted by atomic mass is 10.0. The standard InChI is InChI=1S/C12H8ClFN2S/c1-6-10(12(16)9(5-15)17-6)11-7(13)3-2-4-8(11)14/h2-4H,16H2,1H3. The van der Waals surface area contributed by atoms with Crippen LogP contribution in [0.4, 0.5) is 10.1 Å². The van der Waals surface area contributed by atoms with Gasteiger partial charge in [0, 0.05) is 16.0 Å². The number of hydrogen-bond donors (Lipinski definition) is 1. The molecule has 2 rings (SSSR count). The van der Waals surface area contributed by atoms with Gasteiger partial charge in [0.15, 0.2) is 0 Å². The summed E-state index contributed by atoms with van der Waals surface area (Å²) in [5.41, 5.74) is 6.93. The zero-order valence-electron chi connectivity index (χ0n) is 8.92. The van der Waals surface area contributed by atoms with Crippen molar-refractivity contribution in [2.24, 2.45) is 0 Å². The van der Waals surface area contributed by atoms with Crippen LogP contribution in [0.15, 0.2) is 18.2 Å². The normalized spacial score (nSPS) is 10.2. The second-order valence-electron chi connectivity index (χ2n) is 3.48. The predicted molar refractivity (Wildman–Crippen MR) is 68.6 cm³/mol. The third-order valence-corrected chi connectivity index (χ3v) is 3.78. The molecule has 0 saturated heterocycles. The Bertz CT molecular complexity index is 608. The van der Waals surface area contributed by atoms with Crippen LogP contribution in [0.5, 0.6) is 0 Å². The first-order chi connectivity index (χ1) is 8.06. The minimum absolute atomic E-state index is 0.266. The van der Waals surface area contributed by atoms with E-state index >= 15 is 0 Å². The average Bonchev–Trinajstić information content (AvgIpc) is 2.56. The average molecular weight is 267 g/mol. The molecule has 2 N–H and O–H groups in total. The van der Waals surface area contributed by atoms with E-state index in [2.05, 4.69) is 0 Å². The van der Waals surface area contributed by atoms with Gasteiger partial charge in [-0.1, -0.05) is 17.7 Å². The molecule has 1 aromatic carbocycles. The second kappa shape index (κ2) is 4.36. The SMILES string of the molecule is Cc1sc(C#N)c(N)c1-c1c(F)cccc1Cl. The predicted octanol–water partition coefficient (Wildman–Crippen LogP) is 3.97. The highest BCUT2D eigenvalue weighted by Gasteiger charge is 2.19. The Balaban J connectivity index is 2.78. The molecule has 0 aliphatic carbocycles. The number of thiophene rings is 1. The molecule has 0 aliphatic heterocycles. The van der Waals surface area contributed by atoms with Gasteiger partial charge in [0.1, 0.15) is 16.8 Å². The van der Waals surface area contributed by atoms with E-state index in [0.717, 1.165) is 4.88 Å². The van der Waals surface area contributed by atoms with E-state index in [9.17, 15) is 4.39 Å². The Morgan fingerprint density at radius 3 is 2.65 bits per heavy atom. The molecule has 1 aromatic heterocycles. The number of nitrogens with two attached hydrogens (primary N) is 1. The molecule has 5 heteroatoms. The van der Waals surface area contributed by atoms with Crippen molar-refractivity contribution in [2.45, 2.75) is 6.92 Å². The topological polar surface area (TPSA) is 49.8 Å². The van der Waals surface area contributed by atoms with Crippen molar-refractivity contribution in [2.75, 3.05) is 5.73 Å². The minimum atomic E-state index is -0.436. The molecule has 0 fully saturated rings. The Hall–Kier alpha value is -1.57. The van der Waals surface area contributed by atoms with Crippen LogP contribution < -0.4 is 5.73 Å². The number of halogens is 2. The molecule has 2 nitrogen and oxygen atoms in total. The number of benzene rings is 1. The molecule has 2 aromatic rings. The Morgan fingerprint density at radius 1 is 1.41 bits per heavy atom. The smallest absolute Gasteiger partial charge is 0.132 e. The van der Waals surface area contributed by atoms with Gasteiger partial charge in [-0.05, 0) is 19.1 Å². The first-order valence-corrected chi connectivity index (χ1v) is 5.99. The van der Waals surface area contributed by atoms with Crippen LogP contribution in [-0.2, 0) is 0 Å². The number of rotatable bonds is 1. The van der Waals surface area contributed by atoms with Gasteiger partial charge in [-0.2, -0.15) is 5.26 Å². The highest BCUT2D eigenvalue weighted by atomic mass is 35.5. The third-order valence-electron chi connectivity index (χ3n) is 2.44. The van der Waals surface area contributed by atoms with E-state index in [4.69, 9.17) is 22.6 Å². The summed E-state index contributed by atoms with van der Waals surface area (Å²) < 4.78 is 13.8. The molecule has 0 radical (unpaired) electrons. The Kier molecular flexibility index (Phi) is 3.05. The molecule has 0 aliphatic rings. The van der Waals surface area contributed by atoms with Gasteiger partial charge < -0.3 is 5.73 Å². The van der Waals surface area contributed by atoms with Crippen LogP contribution >= 0.6 is 22.9 Å². The van der Waals surface area contributed by atoms with Crippen LogP contribution in [0.2, 0.25) is 5.02 Å². The molecule has 86 valence electrons. The fourth-order valence-corrected chi connectivity index (χ4v) is 2.83. The molecule has 0 unspecified atom stereocenters. The van der Waals surface area contributed by atoms with Gasteiger partial charge >= 0.3 is 0 Å². The number of anilines is 1. The summed E-state index contributed by atoms with van der Waals surface area (Å²) in [7, 11) is 0. The van der Waals surface area contributed by atoms with E-state index in [-0.39, 0.29) is 5.56 Å². The van der Waals surface area contributed by atoms with Crippen molar-refractivity contribution in [3.8, 4) is 17.2 Å². The van der Waals surface area contributed by atoms with Gasteiger partial charge in [0.25, 0.3) is 0 Å². The quantitative estimate of drug-likeness (QED) is 0.849. The third kappa shape index (κ3) is 1.88. The monoisotopic (exact) mass is 266 g/mol. The van der Waals surface area contributed by atoms with Gasteiger partial charge in [-0.15, -0.1) is 11.3 Å². The molecule has 0 atom stereocenters. The van der Waals surface area contributed by atoms with Crippen LogP contribution in [0.25, 0.3) is 11.1 Å². The van der Waals surface area contributed by atoms with Crippen molar-refractivity contribution in [3.63, 3.8) is 0 Å². The van der Waals surface area contributed by atoms with Crippen molar-refractivity contribution >= 4 is 28.6 Å². The lowest BCUT2D eigenvalue weighted by Crippen LogP contribution is -1.92. The van der Waals surface area contributed by atoms with Crippen LogP contribution in [0.3, 0.4) is 0 Å². The maximum Gasteiger partial charge on any atom is 0.132 e. The summed E-state index contributed by atoms with van der Waals surface area (Å²) in [6.45, 7) is 1.79. The molecule has 0 bridgehead atoms. The maximum atomic E-state index is 13.8. The molecule has 1 heterocycles. The molecule has 0 saturated carbocycles. The fraction of sp³-hybridized carbons (Fsp3) is 0.0833. The molecule has 0 amide bonds. The minimum Gasteiger partial charge on any atom is -0.396 e. The number of hydrogen-bond acceptors (Lipinski definition) is 3. The highest BCUT2D eigenvalue weighted by Crippen LogP contribution is 2.42. The summed E-state index contributed by atoms with van der Waals surface area (Å²) in [6.07, 6.45) is 0. The lowest BCUT2D eigenvalue weighted by Gasteiger charge is -2.06. The van der Waals surface area contributed by atoms with Crippen LogP contribution in [0.1, 0.15) is 9.75 Å². The summed E-state index contributed by atoms with van der Waals surface area (Å²) in [5, 5.41) is 9.19. The van der Waals surface area contributed by atoms with E-state index in [0.29, 0.717) is 21.2 Å². The van der Waals surface area contributed by atoms with Crippen molar-refractivity contribution < 1.29 is 4.39 Å². The van der Waals surface area contributed by atoms with Gasteiger partial charge in [-0.3, -0.25) is 0 Å². The summed E-state index contributed by atoms with van der Waals surface area (Å²) >= 11 is 7.23. The number of nitrogens with zero attached hydrogens (tertiary/aromatic N) is 1. The van der Waals surface area contributed by atoms with E-state index in [1.807, 2.05) is 6.07 Å². The summed E-state index contributed by atoms with van der Waals surface area (Å²) in [4.78, 5) is 1.17. The molecule has 0 spiro atoms. The van der Waals surface area contributed by atoms with E-state index < -0.39 is 5.82 Å². The number of aryl methyl sites for hydroxylation is 1. The van der Waals surface area contributed by atoms with Crippen LogP contribution in [-0.4, -0.2) is 0 Å². The zero-order valence-corrected chi connectivity index (χ0v) is 10.5. The first kappa shape index (κ1) is 11.9. The van der Waals surface area contributed by atoms with Gasteiger partial charge in [-0.25, -0.2) is 4.39 Å². The number of nitrogen functional groups attached to an aromatic ring is 1. The summed E-state index contributed by atoms with van der Waals surface area (Å²) in [6, 6.07) is 6.45. The second-order valence-corrected chi connectivity index (χ2v) is 5.12. The number of nitriles is 1. The van der Waals surface area contributed by atoms with Crippen molar-refractivity contribution in [1.82, 2.24) is 0 Å². The first-order valence-electron chi connectivity index (χ1n) is 4.79. The van der Waals surface area contributed by atoms with Crippen molar-refractivity contribution in [3.05, 3.63) is 38.8 Å². The maximum absolute atomic E-state index is 13.8. The fourth-order valence-electron chi connectivity index (χ4n) is 1.69. The zero-order chi connectivity index (χ0) is 12.6. The molecular weight excluding hydrogens is 259 g/mol. The van der Waals surface area contributed by atoms with Gasteiger partial charge in [0.2, 0.25) is 0 Å². The van der Waals surface area contributed by atoms with Gasteiger partial charge in [0.05, 0.1) is 10.7 Å². The van der Waals surface area contributed by atoms with Crippen LogP contribution in [0, 0.1) is 24.1 Å². The molecule has 17 heavy (non-hydrogen) atoms. The summed E-state index contributed by atoms with van der Waals surface area (Å²) in [5.74, 6) is -0.436. The van der Waals surface area contributed by atoms with E-state index in [1.54, 1.807) is 13.0 Å². The highest BCUT2D eigenvalue weighted by molar-refractivity contribution is 7.13. The Morgan fingerprint density at radius 2 is 2.12 bits per heavy atom. The lowest BCUT2D eigenvalue weighted by molar-refractivity contribution is 0.631. The van der Waals surface area contributed by atoms with E-state index in [1.165, 1.54) is 23.5 Å². The molecular formula is C12H8ClFN2S.